The Morgan fingerprint density at radius 1 is 0.453 bits per heavy atom. The van der Waals surface area contributed by atoms with E-state index in [0.717, 1.165) is 68.5 Å². The normalized spacial score (nSPS) is 20.8. The Morgan fingerprint density at radius 3 is 1.42 bits per heavy atom. The molecule has 0 aliphatic carbocycles. The van der Waals surface area contributed by atoms with E-state index in [2.05, 4.69) is 0 Å². The van der Waals surface area contributed by atoms with Gasteiger partial charge in [0.05, 0.1) is 13.2 Å². The van der Waals surface area contributed by atoms with E-state index in [4.69, 9.17) is 66.3 Å². The van der Waals surface area contributed by atoms with Gasteiger partial charge in [0.2, 0.25) is 0 Å². The second-order valence-electron chi connectivity index (χ2n) is 20.0. The molecule has 86 heavy (non-hydrogen) atoms. The summed E-state index contributed by atoms with van der Waals surface area (Å²) in [6.45, 7) is 5.43. The standard InChI is InChI=1S/C66H68O20/c1-42(67)74-40-58-60(85-59(72)31-28-47-26-29-53(75-36-49-18-10-6-11-19-49)55(34-47)77-38-51-22-14-8-15-23-51)62(86-66-63(82-45(4)70)61(81-44(3)69)57(41-79-66)80-43(2)68)64(83-46(5)71)65(84-58)73-33-32-48-27-30-54(76-37-50-20-12-7-13-21-50)56(35-48)78-39-52-24-16-9-17-25-52/h6-31,34-35,57-58,60-66H,32-33,36-41H2,1-5H3/b31-28+/t57-,58-,60-,61+,62+,63-,64-,65-,66+/m1/s1. The first kappa shape index (κ1) is 63.0. The molecule has 0 N–H and O–H groups in total. The topological polar surface area (TPSA) is 232 Å². The fourth-order valence-electron chi connectivity index (χ4n) is 9.31. The van der Waals surface area contributed by atoms with Crippen LogP contribution in [-0.4, -0.2) is 111 Å². The maximum Gasteiger partial charge on any atom is 0.331 e. The molecule has 452 valence electrons. The van der Waals surface area contributed by atoms with Crippen molar-refractivity contribution < 1.29 is 95.1 Å². The minimum atomic E-state index is -1.73. The Balaban J connectivity index is 1.10. The molecule has 2 aliphatic rings. The van der Waals surface area contributed by atoms with Crippen molar-refractivity contribution in [1.29, 1.82) is 0 Å². The van der Waals surface area contributed by atoms with Crippen molar-refractivity contribution in [3.05, 3.63) is 197 Å². The summed E-state index contributed by atoms with van der Waals surface area (Å²) in [7, 11) is 0. The Morgan fingerprint density at radius 2 is 0.919 bits per heavy atom. The largest absolute Gasteiger partial charge is 0.485 e. The summed E-state index contributed by atoms with van der Waals surface area (Å²) in [6, 6.07) is 49.0. The Labute approximate surface area is 498 Å². The van der Waals surface area contributed by atoms with Crippen LogP contribution < -0.4 is 18.9 Å². The second kappa shape index (κ2) is 31.7. The number of carbonyl (C=O) groups excluding carboxylic acids is 6. The van der Waals surface area contributed by atoms with Gasteiger partial charge in [0.15, 0.2) is 66.1 Å². The molecule has 2 aliphatic heterocycles. The van der Waals surface area contributed by atoms with Crippen LogP contribution in [0.1, 0.15) is 68.0 Å². The second-order valence-corrected chi connectivity index (χ2v) is 20.0. The van der Waals surface area contributed by atoms with Gasteiger partial charge in [-0.15, -0.1) is 0 Å². The van der Waals surface area contributed by atoms with Gasteiger partial charge in [-0.1, -0.05) is 133 Å². The lowest BCUT2D eigenvalue weighted by molar-refractivity contribution is -0.351. The molecule has 2 fully saturated rings. The number of ether oxygens (including phenoxy) is 14. The highest BCUT2D eigenvalue weighted by atomic mass is 16.8. The minimum Gasteiger partial charge on any atom is -0.485 e. The fourth-order valence-corrected chi connectivity index (χ4v) is 9.31. The van der Waals surface area contributed by atoms with E-state index in [0.29, 0.717) is 28.6 Å². The quantitative estimate of drug-likeness (QED) is 0.0266. The molecular weight excluding hydrogens is 1110 g/mol. The van der Waals surface area contributed by atoms with Crippen LogP contribution in [0.3, 0.4) is 0 Å². The number of rotatable bonds is 27. The van der Waals surface area contributed by atoms with Gasteiger partial charge in [0.1, 0.15) is 45.2 Å². The van der Waals surface area contributed by atoms with Crippen molar-refractivity contribution in [2.24, 2.45) is 0 Å². The SMILES string of the molecule is CC(=O)OC[C@H]1O[C@@H](OCCc2ccc(OCc3ccccc3)c(OCc3ccccc3)c2)[C@H](OC(C)=O)[C@@H](O[C@@H]2OC[C@@H](OC(C)=O)[C@H](OC(C)=O)[C@H]2OC(C)=O)[C@@H]1OC(=O)/C=C/c1ccc(OCc2ccccc2)c(OCc2ccccc2)c1. The average molecular weight is 1180 g/mol. The van der Waals surface area contributed by atoms with Crippen LogP contribution in [-0.2, 0) is 109 Å². The summed E-state index contributed by atoms with van der Waals surface area (Å²) >= 11 is 0. The minimum absolute atomic E-state index is 0.104. The maximum absolute atomic E-state index is 14.3. The predicted octanol–water partition coefficient (Wildman–Crippen LogP) is 8.94. The Bertz CT molecular complexity index is 3210. The van der Waals surface area contributed by atoms with Crippen LogP contribution in [0.2, 0.25) is 0 Å². The first-order valence-corrected chi connectivity index (χ1v) is 27.8. The molecule has 0 radical (unpaired) electrons. The van der Waals surface area contributed by atoms with Crippen LogP contribution in [0.15, 0.2) is 164 Å². The lowest BCUT2D eigenvalue weighted by Crippen LogP contribution is -2.65. The van der Waals surface area contributed by atoms with Crippen molar-refractivity contribution in [1.82, 2.24) is 0 Å². The van der Waals surface area contributed by atoms with Crippen molar-refractivity contribution >= 4 is 41.9 Å². The molecule has 8 rings (SSSR count). The number of carbonyl (C=O) groups is 6. The summed E-state index contributed by atoms with van der Waals surface area (Å²) in [5, 5.41) is 0. The van der Waals surface area contributed by atoms with E-state index in [1.54, 1.807) is 24.3 Å². The molecule has 0 bridgehead atoms. The Hall–Kier alpha value is -9.08. The number of benzene rings is 6. The van der Waals surface area contributed by atoms with E-state index in [1.165, 1.54) is 6.08 Å². The van der Waals surface area contributed by atoms with Crippen molar-refractivity contribution in [3.8, 4) is 23.0 Å². The number of hydrogen-bond acceptors (Lipinski definition) is 20. The van der Waals surface area contributed by atoms with E-state index in [1.807, 2.05) is 133 Å². The summed E-state index contributed by atoms with van der Waals surface area (Å²) in [5.74, 6) is -3.28. The zero-order valence-corrected chi connectivity index (χ0v) is 48.2. The van der Waals surface area contributed by atoms with Gasteiger partial charge in [-0.05, 0) is 70.1 Å². The average Bonchev–Trinajstić information content (AvgIpc) is 1.15. The van der Waals surface area contributed by atoms with E-state index in [9.17, 15) is 28.8 Å². The number of esters is 6. The Kier molecular flexibility index (Phi) is 23.2. The zero-order chi connectivity index (χ0) is 60.8. The summed E-state index contributed by atoms with van der Waals surface area (Å²) < 4.78 is 85.0. The van der Waals surface area contributed by atoms with Gasteiger partial charge >= 0.3 is 35.8 Å². The summed E-state index contributed by atoms with van der Waals surface area (Å²) in [5.41, 5.74) is 4.96. The van der Waals surface area contributed by atoms with Crippen molar-refractivity contribution in [3.63, 3.8) is 0 Å². The van der Waals surface area contributed by atoms with Gasteiger partial charge in [-0.3, -0.25) is 24.0 Å². The van der Waals surface area contributed by atoms with Gasteiger partial charge in [0.25, 0.3) is 0 Å². The smallest absolute Gasteiger partial charge is 0.331 e. The van der Waals surface area contributed by atoms with Gasteiger partial charge < -0.3 is 66.3 Å². The van der Waals surface area contributed by atoms with Crippen LogP contribution in [0.5, 0.6) is 23.0 Å². The highest BCUT2D eigenvalue weighted by Gasteiger charge is 2.56. The van der Waals surface area contributed by atoms with Crippen LogP contribution in [0.25, 0.3) is 6.08 Å². The first-order valence-electron chi connectivity index (χ1n) is 27.8. The maximum atomic E-state index is 14.3. The third-order valence-corrected chi connectivity index (χ3v) is 13.2. The molecule has 9 atom stereocenters. The lowest BCUT2D eigenvalue weighted by Gasteiger charge is -2.47. The molecule has 0 amide bonds. The molecular formula is C66H68O20. The molecule has 2 saturated heterocycles. The van der Waals surface area contributed by atoms with Crippen LogP contribution in [0, 0.1) is 0 Å². The van der Waals surface area contributed by atoms with E-state index < -0.39 is 104 Å². The third kappa shape index (κ3) is 19.2. The summed E-state index contributed by atoms with van der Waals surface area (Å²) in [4.78, 5) is 77.9. The van der Waals surface area contributed by atoms with E-state index >= 15 is 0 Å². The highest BCUT2D eigenvalue weighted by molar-refractivity contribution is 5.87. The molecule has 0 spiro atoms. The van der Waals surface area contributed by atoms with Gasteiger partial charge in [0, 0.05) is 40.7 Å². The van der Waals surface area contributed by atoms with Crippen molar-refractivity contribution in [2.75, 3.05) is 19.8 Å². The molecule has 2 heterocycles. The molecule has 0 saturated carbocycles. The van der Waals surface area contributed by atoms with E-state index in [-0.39, 0.29) is 39.5 Å². The fraction of sp³-hybridized carbons (Fsp3) is 0.333. The van der Waals surface area contributed by atoms with Gasteiger partial charge in [-0.25, -0.2) is 4.79 Å². The number of hydrogen-bond donors (Lipinski definition) is 0. The molecule has 20 nitrogen and oxygen atoms in total. The molecule has 6 aromatic rings. The first-order chi connectivity index (χ1) is 41.6. The van der Waals surface area contributed by atoms with Gasteiger partial charge in [-0.2, -0.15) is 0 Å². The summed E-state index contributed by atoms with van der Waals surface area (Å²) in [6.07, 6.45) is -11.3. The third-order valence-electron chi connectivity index (χ3n) is 13.2. The molecule has 6 aromatic carbocycles. The molecule has 0 aromatic heterocycles. The predicted molar refractivity (Wildman–Crippen MR) is 307 cm³/mol. The van der Waals surface area contributed by atoms with Crippen LogP contribution in [0.4, 0.5) is 0 Å². The lowest BCUT2D eigenvalue weighted by atomic mass is 9.97. The zero-order valence-electron chi connectivity index (χ0n) is 48.2. The highest BCUT2D eigenvalue weighted by Crippen LogP contribution is 2.36. The monoisotopic (exact) mass is 1180 g/mol. The molecule has 20 heteroatoms. The van der Waals surface area contributed by atoms with Crippen LogP contribution >= 0.6 is 0 Å². The molecule has 0 unspecified atom stereocenters. The van der Waals surface area contributed by atoms with Crippen molar-refractivity contribution in [2.45, 2.75) is 123 Å².